The fourth-order valence-corrected chi connectivity index (χ4v) is 5.96. The zero-order chi connectivity index (χ0) is 27.3. The Morgan fingerprint density at radius 3 is 2.21 bits per heavy atom. The van der Waals surface area contributed by atoms with Gasteiger partial charge in [-0.15, -0.1) is 0 Å². The minimum Gasteiger partial charge on any atom is -0.372 e. The zero-order valence-electron chi connectivity index (χ0n) is 21.5. The highest BCUT2D eigenvalue weighted by atomic mass is 32.2. The maximum absolute atomic E-state index is 13.5. The van der Waals surface area contributed by atoms with E-state index in [2.05, 4.69) is 29.3 Å². The normalized spacial score (nSPS) is 15.1. The molecule has 1 aliphatic rings. The summed E-state index contributed by atoms with van der Waals surface area (Å²) in [4.78, 5) is 26.0. The van der Waals surface area contributed by atoms with E-state index in [1.807, 2.05) is 19.1 Å². The first-order chi connectivity index (χ1) is 18.1. The molecule has 3 aromatic rings. The minimum atomic E-state index is -4.11. The Kier molecular flexibility index (Phi) is 8.31. The monoisotopic (exact) mass is 536 g/mol. The van der Waals surface area contributed by atoms with Crippen molar-refractivity contribution in [2.24, 2.45) is 5.92 Å². The van der Waals surface area contributed by atoms with Crippen LogP contribution in [0.25, 0.3) is 0 Å². The molecule has 0 bridgehead atoms. The first-order valence-corrected chi connectivity index (χ1v) is 14.1. The molecule has 200 valence electrons. The number of nitro groups is 1. The van der Waals surface area contributed by atoms with Crippen LogP contribution in [-0.4, -0.2) is 38.9 Å². The number of nitrogens with zero attached hydrogens (tertiary/aromatic N) is 3. The Bertz CT molecular complexity index is 1350. The molecule has 1 saturated heterocycles. The average Bonchev–Trinajstić information content (AvgIpc) is 2.92. The number of amides is 1. The number of carbonyl (C=O) groups is 1. The van der Waals surface area contributed by atoms with Crippen LogP contribution >= 0.6 is 0 Å². The molecule has 1 unspecified atom stereocenters. The van der Waals surface area contributed by atoms with Gasteiger partial charge in [-0.2, -0.15) is 0 Å². The van der Waals surface area contributed by atoms with Crippen LogP contribution in [-0.2, 0) is 14.8 Å². The average molecular weight is 537 g/mol. The number of anilines is 2. The topological polar surface area (TPSA) is 113 Å². The third kappa shape index (κ3) is 6.31. The highest BCUT2D eigenvalue weighted by Crippen LogP contribution is 2.27. The molecule has 0 aliphatic carbocycles. The molecule has 1 heterocycles. The van der Waals surface area contributed by atoms with Crippen molar-refractivity contribution in [3.05, 3.63) is 94.5 Å². The Labute approximate surface area is 223 Å². The molecule has 4 rings (SSSR count). The quantitative estimate of drug-likeness (QED) is 0.307. The number of hydrogen-bond donors (Lipinski definition) is 1. The molecule has 0 radical (unpaired) electrons. The van der Waals surface area contributed by atoms with Gasteiger partial charge in [-0.25, -0.2) is 8.42 Å². The summed E-state index contributed by atoms with van der Waals surface area (Å²) >= 11 is 0. The van der Waals surface area contributed by atoms with Gasteiger partial charge in [0.2, 0.25) is 5.91 Å². The van der Waals surface area contributed by atoms with Gasteiger partial charge in [0.1, 0.15) is 6.54 Å². The minimum absolute atomic E-state index is 0.0156. The molecule has 9 nitrogen and oxygen atoms in total. The van der Waals surface area contributed by atoms with Crippen molar-refractivity contribution in [1.82, 2.24) is 5.32 Å². The number of piperidine rings is 1. The lowest BCUT2D eigenvalue weighted by Crippen LogP contribution is -2.41. The maximum Gasteiger partial charge on any atom is 0.269 e. The second-order valence-corrected chi connectivity index (χ2v) is 11.5. The van der Waals surface area contributed by atoms with Gasteiger partial charge in [-0.1, -0.05) is 37.3 Å². The number of hydrogen-bond acceptors (Lipinski definition) is 6. The van der Waals surface area contributed by atoms with Crippen LogP contribution in [0.5, 0.6) is 0 Å². The van der Waals surface area contributed by atoms with E-state index >= 15 is 0 Å². The van der Waals surface area contributed by atoms with Gasteiger partial charge in [0.05, 0.1) is 21.5 Å². The van der Waals surface area contributed by atoms with Gasteiger partial charge in [0, 0.05) is 30.9 Å². The van der Waals surface area contributed by atoms with Crippen molar-refractivity contribution in [3.8, 4) is 0 Å². The largest absolute Gasteiger partial charge is 0.372 e. The molecular formula is C28H32N4O5S. The molecule has 0 saturated carbocycles. The molecule has 1 amide bonds. The third-order valence-corrected chi connectivity index (χ3v) is 8.67. The number of nitrogens with one attached hydrogen (secondary N) is 1. The predicted molar refractivity (Wildman–Crippen MR) is 148 cm³/mol. The number of nitro benzene ring substituents is 1. The SMILES string of the molecule is CC1CCN(c2ccc(C(C)NC(=O)CN(c3ccc([N+](=O)[O-])cc3)S(=O)(=O)c3ccccc3)cc2)CC1. The molecule has 0 spiro atoms. The predicted octanol–water partition coefficient (Wildman–Crippen LogP) is 4.90. The van der Waals surface area contributed by atoms with E-state index in [1.165, 1.54) is 49.2 Å². The lowest BCUT2D eigenvalue weighted by Gasteiger charge is -2.32. The summed E-state index contributed by atoms with van der Waals surface area (Å²) in [6.07, 6.45) is 2.34. The molecule has 38 heavy (non-hydrogen) atoms. The number of sulfonamides is 1. The van der Waals surface area contributed by atoms with Crippen molar-refractivity contribution >= 4 is 33.0 Å². The fraction of sp³-hybridized carbons (Fsp3) is 0.321. The number of rotatable bonds is 9. The highest BCUT2D eigenvalue weighted by Gasteiger charge is 2.28. The smallest absolute Gasteiger partial charge is 0.269 e. The van der Waals surface area contributed by atoms with Gasteiger partial charge >= 0.3 is 0 Å². The molecule has 0 aromatic heterocycles. The van der Waals surface area contributed by atoms with Crippen LogP contribution in [0.15, 0.2) is 83.8 Å². The van der Waals surface area contributed by atoms with E-state index in [0.29, 0.717) is 0 Å². The number of carbonyl (C=O) groups excluding carboxylic acids is 1. The third-order valence-electron chi connectivity index (χ3n) is 6.89. The molecule has 10 heteroatoms. The van der Waals surface area contributed by atoms with E-state index < -0.39 is 27.4 Å². The van der Waals surface area contributed by atoms with Gasteiger partial charge in [0.25, 0.3) is 15.7 Å². The van der Waals surface area contributed by atoms with Crippen LogP contribution in [0.2, 0.25) is 0 Å². The van der Waals surface area contributed by atoms with Crippen LogP contribution in [0.4, 0.5) is 17.1 Å². The molecule has 1 fully saturated rings. The van der Waals surface area contributed by atoms with E-state index in [1.54, 1.807) is 18.2 Å². The van der Waals surface area contributed by atoms with Crippen LogP contribution in [0, 0.1) is 16.0 Å². The van der Waals surface area contributed by atoms with Crippen molar-refractivity contribution in [3.63, 3.8) is 0 Å². The van der Waals surface area contributed by atoms with Gasteiger partial charge in [0.15, 0.2) is 0 Å². The molecule has 1 N–H and O–H groups in total. The fourth-order valence-electron chi connectivity index (χ4n) is 4.52. The Morgan fingerprint density at radius 1 is 1.03 bits per heavy atom. The van der Waals surface area contributed by atoms with Gasteiger partial charge in [-0.3, -0.25) is 19.2 Å². The van der Waals surface area contributed by atoms with Crippen LogP contribution < -0.4 is 14.5 Å². The zero-order valence-corrected chi connectivity index (χ0v) is 22.3. The molecule has 1 atom stereocenters. The van der Waals surface area contributed by atoms with E-state index in [-0.39, 0.29) is 22.3 Å². The highest BCUT2D eigenvalue weighted by molar-refractivity contribution is 7.92. The lowest BCUT2D eigenvalue weighted by molar-refractivity contribution is -0.384. The van der Waals surface area contributed by atoms with Crippen molar-refractivity contribution in [2.75, 3.05) is 28.8 Å². The Hall–Kier alpha value is -3.92. The van der Waals surface area contributed by atoms with E-state index in [4.69, 9.17) is 0 Å². The number of benzene rings is 3. The van der Waals surface area contributed by atoms with Crippen molar-refractivity contribution < 1.29 is 18.1 Å². The van der Waals surface area contributed by atoms with Gasteiger partial charge < -0.3 is 10.2 Å². The molecular weight excluding hydrogens is 504 g/mol. The second-order valence-electron chi connectivity index (χ2n) is 9.65. The summed E-state index contributed by atoms with van der Waals surface area (Å²) in [5, 5.41) is 14.0. The first-order valence-electron chi connectivity index (χ1n) is 12.6. The van der Waals surface area contributed by atoms with Crippen LogP contribution in [0.3, 0.4) is 0 Å². The summed E-state index contributed by atoms with van der Waals surface area (Å²) < 4.78 is 27.9. The Balaban J connectivity index is 1.50. The summed E-state index contributed by atoms with van der Waals surface area (Å²) in [6.45, 7) is 5.70. The van der Waals surface area contributed by atoms with E-state index in [9.17, 15) is 23.3 Å². The first kappa shape index (κ1) is 27.1. The lowest BCUT2D eigenvalue weighted by atomic mass is 9.98. The summed E-state index contributed by atoms with van der Waals surface area (Å²) in [5.41, 5.74) is 2.03. The van der Waals surface area contributed by atoms with Crippen molar-refractivity contribution in [2.45, 2.75) is 37.6 Å². The van der Waals surface area contributed by atoms with Crippen molar-refractivity contribution in [1.29, 1.82) is 0 Å². The summed E-state index contributed by atoms with van der Waals surface area (Å²) in [7, 11) is -4.11. The molecule has 3 aromatic carbocycles. The summed E-state index contributed by atoms with van der Waals surface area (Å²) in [6, 6.07) is 20.6. The van der Waals surface area contributed by atoms with Gasteiger partial charge in [-0.05, 0) is 67.6 Å². The standard InChI is InChI=1S/C28H32N4O5S/c1-21-16-18-30(19-17-21)24-10-8-23(9-11-24)22(2)29-28(33)20-31(25-12-14-26(15-13-25)32(34)35)38(36,37)27-6-4-3-5-7-27/h3-15,21-22H,16-20H2,1-2H3,(H,29,33). The summed E-state index contributed by atoms with van der Waals surface area (Å²) in [5.74, 6) is 0.251. The molecule has 1 aliphatic heterocycles. The van der Waals surface area contributed by atoms with E-state index in [0.717, 1.165) is 34.6 Å². The Morgan fingerprint density at radius 2 is 1.63 bits per heavy atom. The van der Waals surface area contributed by atoms with Crippen LogP contribution in [0.1, 0.15) is 38.3 Å². The maximum atomic E-state index is 13.5. The number of non-ortho nitro benzene ring substituents is 1. The second kappa shape index (κ2) is 11.6.